The van der Waals surface area contributed by atoms with Crippen LogP contribution in [0.15, 0.2) is 48.7 Å². The number of aromatic amines is 1. The molecule has 0 saturated heterocycles. The van der Waals surface area contributed by atoms with Crippen LogP contribution in [-0.4, -0.2) is 28.2 Å². The predicted molar refractivity (Wildman–Crippen MR) is 91.3 cm³/mol. The second-order valence-corrected chi connectivity index (χ2v) is 5.52. The van der Waals surface area contributed by atoms with E-state index in [1.165, 1.54) is 6.07 Å². The molecule has 6 nitrogen and oxygen atoms in total. The summed E-state index contributed by atoms with van der Waals surface area (Å²) in [7, 11) is 0. The molecular weight excluding hydrogens is 308 g/mol. The van der Waals surface area contributed by atoms with Crippen LogP contribution in [-0.2, 0) is 0 Å². The van der Waals surface area contributed by atoms with Gasteiger partial charge >= 0.3 is 0 Å². The summed E-state index contributed by atoms with van der Waals surface area (Å²) in [5.41, 5.74) is 2.53. The highest BCUT2D eigenvalue weighted by Gasteiger charge is 2.24. The van der Waals surface area contributed by atoms with Crippen molar-refractivity contribution < 1.29 is 14.8 Å². The van der Waals surface area contributed by atoms with E-state index >= 15 is 0 Å². The van der Waals surface area contributed by atoms with Gasteiger partial charge in [0.1, 0.15) is 0 Å². The third-order valence-corrected chi connectivity index (χ3v) is 4.01. The normalized spacial score (nSPS) is 12.2. The Morgan fingerprint density at radius 3 is 2.83 bits per heavy atom. The molecule has 0 spiro atoms. The van der Waals surface area contributed by atoms with E-state index in [1.807, 2.05) is 37.4 Å². The van der Waals surface area contributed by atoms with Crippen molar-refractivity contribution in [2.45, 2.75) is 12.8 Å². The Bertz CT molecular complexity index is 872. The van der Waals surface area contributed by atoms with E-state index in [2.05, 4.69) is 4.98 Å². The third-order valence-electron chi connectivity index (χ3n) is 4.01. The summed E-state index contributed by atoms with van der Waals surface area (Å²) in [6.07, 6.45) is 1.81. The van der Waals surface area contributed by atoms with Crippen molar-refractivity contribution in [1.29, 1.82) is 0 Å². The van der Waals surface area contributed by atoms with Crippen LogP contribution in [0.1, 0.15) is 24.0 Å². The number of phenols is 1. The molecular formula is C18H18N2O4. The molecule has 2 N–H and O–H groups in total. The Kier molecular flexibility index (Phi) is 4.37. The summed E-state index contributed by atoms with van der Waals surface area (Å²) in [5, 5.41) is 22.0. The lowest BCUT2D eigenvalue weighted by Crippen LogP contribution is -2.14. The van der Waals surface area contributed by atoms with Crippen LogP contribution >= 0.6 is 0 Å². The molecule has 124 valence electrons. The number of nitrogens with one attached hydrogen (secondary N) is 1. The van der Waals surface area contributed by atoms with E-state index in [1.54, 1.807) is 12.1 Å². The van der Waals surface area contributed by atoms with E-state index in [9.17, 15) is 15.2 Å². The van der Waals surface area contributed by atoms with Gasteiger partial charge in [0.05, 0.1) is 12.5 Å². The fraction of sp³-hybridized carbons (Fsp3) is 0.222. The van der Waals surface area contributed by atoms with E-state index in [0.29, 0.717) is 12.4 Å². The van der Waals surface area contributed by atoms with Crippen LogP contribution in [0.4, 0.5) is 0 Å². The van der Waals surface area contributed by atoms with Crippen LogP contribution in [0.2, 0.25) is 0 Å². The highest BCUT2D eigenvalue weighted by atomic mass is 16.6. The number of aromatic nitrogens is 1. The van der Waals surface area contributed by atoms with Crippen molar-refractivity contribution in [2.24, 2.45) is 0 Å². The fourth-order valence-corrected chi connectivity index (χ4v) is 2.93. The Labute approximate surface area is 138 Å². The summed E-state index contributed by atoms with van der Waals surface area (Å²) in [4.78, 5) is 14.0. The van der Waals surface area contributed by atoms with Crippen LogP contribution in [0.25, 0.3) is 10.9 Å². The Balaban J connectivity index is 2.10. The molecule has 3 rings (SSSR count). The molecule has 0 aliphatic rings. The SMILES string of the molecule is CCOc1cc(C(C[N+](=O)[O-])c2c[nH]c3ccccc23)ccc1O. The summed E-state index contributed by atoms with van der Waals surface area (Å²) < 4.78 is 5.41. The lowest BCUT2D eigenvalue weighted by molar-refractivity contribution is -0.481. The zero-order valence-electron chi connectivity index (χ0n) is 13.2. The van der Waals surface area contributed by atoms with Crippen LogP contribution < -0.4 is 4.74 Å². The molecule has 1 heterocycles. The number of para-hydroxylation sites is 1. The molecule has 1 atom stereocenters. The number of nitrogens with zero attached hydrogens (tertiary/aromatic N) is 1. The first-order valence-electron chi connectivity index (χ1n) is 7.73. The van der Waals surface area contributed by atoms with Gasteiger partial charge in [0.2, 0.25) is 6.54 Å². The number of phenolic OH excluding ortho intramolecular Hbond substituents is 1. The van der Waals surface area contributed by atoms with Crippen LogP contribution in [0.3, 0.4) is 0 Å². The Hall–Kier alpha value is -3.02. The topological polar surface area (TPSA) is 88.4 Å². The molecule has 1 aromatic heterocycles. The third kappa shape index (κ3) is 3.03. The minimum Gasteiger partial charge on any atom is -0.504 e. The number of hydrogen-bond acceptors (Lipinski definition) is 4. The lowest BCUT2D eigenvalue weighted by Gasteiger charge is -2.15. The molecule has 6 heteroatoms. The van der Waals surface area contributed by atoms with E-state index < -0.39 is 5.92 Å². The first-order valence-corrected chi connectivity index (χ1v) is 7.73. The number of nitro groups is 1. The average molecular weight is 326 g/mol. The fourth-order valence-electron chi connectivity index (χ4n) is 2.93. The van der Waals surface area contributed by atoms with Crippen molar-refractivity contribution in [2.75, 3.05) is 13.2 Å². The van der Waals surface area contributed by atoms with E-state index in [4.69, 9.17) is 4.74 Å². The van der Waals surface area contributed by atoms with Gasteiger partial charge in [0.25, 0.3) is 0 Å². The van der Waals surface area contributed by atoms with Crippen molar-refractivity contribution in [3.63, 3.8) is 0 Å². The standard InChI is InChI=1S/C18H18N2O4/c1-2-24-18-9-12(7-8-17(18)21)15(11-20(22)23)14-10-19-16-6-4-3-5-13(14)16/h3-10,15,19,21H,2,11H2,1H3. The zero-order valence-corrected chi connectivity index (χ0v) is 13.2. The molecule has 24 heavy (non-hydrogen) atoms. The van der Waals surface area contributed by atoms with Gasteiger partial charge in [-0.15, -0.1) is 0 Å². The van der Waals surface area contributed by atoms with Gasteiger partial charge in [0.15, 0.2) is 11.5 Å². The number of ether oxygens (including phenoxy) is 1. The summed E-state index contributed by atoms with van der Waals surface area (Å²) >= 11 is 0. The second-order valence-electron chi connectivity index (χ2n) is 5.52. The Morgan fingerprint density at radius 2 is 2.08 bits per heavy atom. The number of hydrogen-bond donors (Lipinski definition) is 2. The highest BCUT2D eigenvalue weighted by Crippen LogP contribution is 2.35. The first kappa shape index (κ1) is 15.9. The van der Waals surface area contributed by atoms with Crippen molar-refractivity contribution >= 4 is 10.9 Å². The lowest BCUT2D eigenvalue weighted by atomic mass is 9.90. The van der Waals surface area contributed by atoms with Crippen LogP contribution in [0.5, 0.6) is 11.5 Å². The highest BCUT2D eigenvalue weighted by molar-refractivity contribution is 5.84. The number of aromatic hydroxyl groups is 1. The number of fused-ring (bicyclic) bond motifs is 1. The molecule has 0 saturated carbocycles. The summed E-state index contributed by atoms with van der Waals surface area (Å²) in [6, 6.07) is 12.6. The molecule has 0 radical (unpaired) electrons. The number of H-pyrrole nitrogens is 1. The van der Waals surface area contributed by atoms with Gasteiger partial charge in [-0.3, -0.25) is 10.1 Å². The maximum atomic E-state index is 11.2. The molecule has 3 aromatic rings. The Morgan fingerprint density at radius 1 is 1.29 bits per heavy atom. The smallest absolute Gasteiger partial charge is 0.214 e. The van der Waals surface area contributed by atoms with Gasteiger partial charge in [-0.25, -0.2) is 0 Å². The van der Waals surface area contributed by atoms with Gasteiger partial charge < -0.3 is 14.8 Å². The van der Waals surface area contributed by atoms with E-state index in [-0.39, 0.29) is 17.2 Å². The maximum Gasteiger partial charge on any atom is 0.214 e. The number of benzene rings is 2. The molecule has 2 aromatic carbocycles. The minimum atomic E-state index is -0.434. The molecule has 1 unspecified atom stereocenters. The van der Waals surface area contributed by atoms with Crippen molar-refractivity contribution in [3.8, 4) is 11.5 Å². The molecule has 0 bridgehead atoms. The average Bonchev–Trinajstić information content (AvgIpc) is 2.99. The maximum absolute atomic E-state index is 11.2. The molecule has 0 aliphatic carbocycles. The van der Waals surface area contributed by atoms with E-state index in [0.717, 1.165) is 22.0 Å². The van der Waals surface area contributed by atoms with Gasteiger partial charge in [-0.05, 0) is 36.2 Å². The molecule has 0 amide bonds. The molecule has 0 fully saturated rings. The second kappa shape index (κ2) is 6.62. The number of rotatable bonds is 6. The first-order chi connectivity index (χ1) is 11.6. The van der Waals surface area contributed by atoms with Crippen molar-refractivity contribution in [1.82, 2.24) is 4.98 Å². The quantitative estimate of drug-likeness (QED) is 0.534. The van der Waals surface area contributed by atoms with Gasteiger partial charge in [-0.1, -0.05) is 24.3 Å². The summed E-state index contributed by atoms with van der Waals surface area (Å²) in [5.74, 6) is -0.0708. The van der Waals surface area contributed by atoms with Crippen LogP contribution in [0, 0.1) is 10.1 Å². The minimum absolute atomic E-state index is 0.0272. The largest absolute Gasteiger partial charge is 0.504 e. The van der Waals surface area contributed by atoms with Gasteiger partial charge in [-0.2, -0.15) is 0 Å². The predicted octanol–water partition coefficient (Wildman–Crippen LogP) is 3.68. The zero-order chi connectivity index (χ0) is 17.1. The molecule has 0 aliphatic heterocycles. The monoisotopic (exact) mass is 326 g/mol. The summed E-state index contributed by atoms with van der Waals surface area (Å²) in [6.45, 7) is 1.99. The van der Waals surface area contributed by atoms with Crippen molar-refractivity contribution in [3.05, 3.63) is 69.9 Å². The van der Waals surface area contributed by atoms with Gasteiger partial charge in [0, 0.05) is 22.0 Å².